The lowest BCUT2D eigenvalue weighted by Gasteiger charge is -2.21. The molecule has 0 aliphatic carbocycles. The molecule has 224 valence electrons. The molecule has 1 aromatic heterocycles. The lowest BCUT2D eigenvalue weighted by atomic mass is 9.96. The molecule has 45 heavy (non-hydrogen) atoms. The Labute approximate surface area is 271 Å². The van der Waals surface area contributed by atoms with Gasteiger partial charge in [-0.15, -0.1) is 0 Å². The predicted molar refractivity (Wildman–Crippen MR) is 194 cm³/mol. The third-order valence-corrected chi connectivity index (χ3v) is 8.50. The van der Waals surface area contributed by atoms with Crippen molar-refractivity contribution in [3.05, 3.63) is 167 Å². The molecule has 0 fully saturated rings. The van der Waals surface area contributed by atoms with Crippen molar-refractivity contribution in [3.63, 3.8) is 0 Å². The summed E-state index contributed by atoms with van der Waals surface area (Å²) in [7, 11) is 0. The number of nitrogens with two attached hydrogens (primary N) is 1. The Balaban J connectivity index is 1.35. The van der Waals surface area contributed by atoms with Crippen molar-refractivity contribution in [3.8, 4) is 11.1 Å². The summed E-state index contributed by atoms with van der Waals surface area (Å²) in [6.45, 7) is 4.96. The molecule has 0 bridgehead atoms. The maximum absolute atomic E-state index is 6.79. The van der Waals surface area contributed by atoms with Gasteiger partial charge in [0, 0.05) is 46.2 Å². The van der Waals surface area contributed by atoms with Gasteiger partial charge in [-0.25, -0.2) is 0 Å². The molecule has 2 atom stereocenters. The highest BCUT2D eigenvalue weighted by molar-refractivity contribution is 6.31. The van der Waals surface area contributed by atoms with Gasteiger partial charge in [0.15, 0.2) is 0 Å². The summed E-state index contributed by atoms with van der Waals surface area (Å²) in [5, 5.41) is 6.95. The standard InChI is InChI=1S/C41H38ClN3/c1-29(31-14-6-3-7-15-31)24-39(32-16-8-4-9-17-32)44-30(2)34-25-35(27-36(42)26-34)33-20-21-41-38(28-33)37-18-10-11-19-40(37)45(41)23-13-5-12-22-43/h3-21,23-30,44H,22,43H2,1-2H3/b12-5-,23-13-,39-24-. The molecular weight excluding hydrogens is 570 g/mol. The fourth-order valence-corrected chi connectivity index (χ4v) is 6.17. The van der Waals surface area contributed by atoms with Gasteiger partial charge in [-0.2, -0.15) is 0 Å². The molecule has 4 heteroatoms. The molecule has 0 aliphatic heterocycles. The molecule has 1 heterocycles. The summed E-state index contributed by atoms with van der Waals surface area (Å²) in [5.74, 6) is 0.247. The van der Waals surface area contributed by atoms with Crippen LogP contribution in [-0.4, -0.2) is 11.1 Å². The number of fused-ring (bicyclic) bond motifs is 3. The first-order chi connectivity index (χ1) is 22.0. The largest absolute Gasteiger partial charge is 0.378 e. The quantitative estimate of drug-likeness (QED) is 0.152. The fraction of sp³-hybridized carbons (Fsp3) is 0.122. The molecule has 6 rings (SSSR count). The van der Waals surface area contributed by atoms with Crippen molar-refractivity contribution in [2.24, 2.45) is 5.73 Å². The number of hydrogen-bond donors (Lipinski definition) is 2. The first-order valence-electron chi connectivity index (χ1n) is 15.5. The Morgan fingerprint density at radius 3 is 2.22 bits per heavy atom. The predicted octanol–water partition coefficient (Wildman–Crippen LogP) is 10.6. The number of rotatable bonds is 10. The van der Waals surface area contributed by atoms with Crippen molar-refractivity contribution >= 4 is 45.3 Å². The Morgan fingerprint density at radius 2 is 1.44 bits per heavy atom. The van der Waals surface area contributed by atoms with Crippen molar-refractivity contribution < 1.29 is 0 Å². The number of halogens is 1. The van der Waals surface area contributed by atoms with Crippen LogP contribution >= 0.6 is 11.6 Å². The SMILES string of the molecule is CC(/C=C(\NC(C)c1cc(Cl)cc(-c2ccc3c(c2)c2ccccc2n3/C=C\C=C/CN)c1)c1ccccc1)c1ccccc1. The van der Waals surface area contributed by atoms with Crippen LogP contribution in [0.4, 0.5) is 0 Å². The van der Waals surface area contributed by atoms with Crippen LogP contribution in [0, 0.1) is 0 Å². The molecule has 0 radical (unpaired) electrons. The third-order valence-electron chi connectivity index (χ3n) is 8.28. The number of para-hydroxylation sites is 1. The summed E-state index contributed by atoms with van der Waals surface area (Å²) >= 11 is 6.79. The minimum Gasteiger partial charge on any atom is -0.378 e. The van der Waals surface area contributed by atoms with E-state index in [0.29, 0.717) is 6.54 Å². The van der Waals surface area contributed by atoms with Gasteiger partial charge in [-0.1, -0.05) is 122 Å². The summed E-state index contributed by atoms with van der Waals surface area (Å²) < 4.78 is 2.23. The lowest BCUT2D eigenvalue weighted by Crippen LogP contribution is -2.18. The maximum atomic E-state index is 6.79. The minimum absolute atomic E-state index is 0.0224. The number of benzene rings is 5. The number of hydrogen-bond acceptors (Lipinski definition) is 2. The summed E-state index contributed by atoms with van der Waals surface area (Å²) in [4.78, 5) is 0. The van der Waals surface area contributed by atoms with Crippen molar-refractivity contribution in [1.82, 2.24) is 9.88 Å². The summed E-state index contributed by atoms with van der Waals surface area (Å²) in [5.41, 5.74) is 14.8. The molecule has 6 aromatic rings. The molecule has 0 saturated heterocycles. The zero-order valence-corrected chi connectivity index (χ0v) is 26.5. The van der Waals surface area contributed by atoms with Gasteiger partial charge < -0.3 is 15.6 Å². The Morgan fingerprint density at radius 1 is 0.733 bits per heavy atom. The van der Waals surface area contributed by atoms with E-state index < -0.39 is 0 Å². The molecule has 3 nitrogen and oxygen atoms in total. The van der Waals surface area contributed by atoms with E-state index in [1.807, 2.05) is 18.2 Å². The molecule has 0 spiro atoms. The number of nitrogens with one attached hydrogen (secondary N) is 1. The summed E-state index contributed by atoms with van der Waals surface area (Å²) in [6.07, 6.45) is 10.4. The Kier molecular flexibility index (Phi) is 9.30. The number of aromatic nitrogens is 1. The van der Waals surface area contributed by atoms with Crippen molar-refractivity contribution in [1.29, 1.82) is 0 Å². The first-order valence-corrected chi connectivity index (χ1v) is 15.9. The highest BCUT2D eigenvalue weighted by atomic mass is 35.5. The average Bonchev–Trinajstić information content (AvgIpc) is 3.39. The molecule has 3 N–H and O–H groups in total. The third kappa shape index (κ3) is 6.81. The van der Waals surface area contributed by atoms with Crippen LogP contribution in [0.5, 0.6) is 0 Å². The van der Waals surface area contributed by atoms with Gasteiger partial charge in [0.05, 0.1) is 11.0 Å². The van der Waals surface area contributed by atoms with E-state index in [-0.39, 0.29) is 12.0 Å². The van der Waals surface area contributed by atoms with Gasteiger partial charge >= 0.3 is 0 Å². The van der Waals surface area contributed by atoms with Gasteiger partial charge in [-0.3, -0.25) is 0 Å². The second kappa shape index (κ2) is 13.9. The van der Waals surface area contributed by atoms with Crippen molar-refractivity contribution in [2.45, 2.75) is 25.8 Å². The first kappa shape index (κ1) is 30.2. The van der Waals surface area contributed by atoms with Crippen LogP contribution < -0.4 is 11.1 Å². The van der Waals surface area contributed by atoms with E-state index in [0.717, 1.165) is 44.0 Å². The van der Waals surface area contributed by atoms with Crippen LogP contribution in [0.2, 0.25) is 5.02 Å². The highest BCUT2D eigenvalue weighted by Gasteiger charge is 2.15. The van der Waals surface area contributed by atoms with E-state index in [1.165, 1.54) is 16.3 Å². The number of allylic oxidation sites excluding steroid dienone is 3. The van der Waals surface area contributed by atoms with Gasteiger partial charge in [0.1, 0.15) is 0 Å². The van der Waals surface area contributed by atoms with Gasteiger partial charge in [0.25, 0.3) is 0 Å². The zero-order chi connectivity index (χ0) is 31.2. The van der Waals surface area contributed by atoms with Gasteiger partial charge in [-0.05, 0) is 77.2 Å². The maximum Gasteiger partial charge on any atom is 0.0535 e. The van der Waals surface area contributed by atoms with E-state index in [2.05, 4.69) is 157 Å². The minimum atomic E-state index is 0.0224. The monoisotopic (exact) mass is 607 g/mol. The summed E-state index contributed by atoms with van der Waals surface area (Å²) in [6, 6.07) is 42.7. The van der Waals surface area contributed by atoms with E-state index in [9.17, 15) is 0 Å². The van der Waals surface area contributed by atoms with Crippen LogP contribution in [0.25, 0.3) is 44.8 Å². The molecule has 0 saturated carbocycles. The lowest BCUT2D eigenvalue weighted by molar-refractivity contribution is 0.698. The van der Waals surface area contributed by atoms with Crippen molar-refractivity contribution in [2.75, 3.05) is 6.54 Å². The van der Waals surface area contributed by atoms with Crippen LogP contribution in [0.1, 0.15) is 42.5 Å². The van der Waals surface area contributed by atoms with E-state index >= 15 is 0 Å². The second-order valence-corrected chi connectivity index (χ2v) is 11.8. The Hall–Kier alpha value is -4.83. The normalized spacial score (nSPS) is 13.6. The Bertz CT molecular complexity index is 2000. The van der Waals surface area contributed by atoms with Crippen LogP contribution in [0.3, 0.4) is 0 Å². The van der Waals surface area contributed by atoms with Crippen LogP contribution in [-0.2, 0) is 0 Å². The molecule has 5 aromatic carbocycles. The average molecular weight is 608 g/mol. The van der Waals surface area contributed by atoms with Gasteiger partial charge in [0.2, 0.25) is 0 Å². The molecule has 2 unspecified atom stereocenters. The highest BCUT2D eigenvalue weighted by Crippen LogP contribution is 2.35. The second-order valence-electron chi connectivity index (χ2n) is 11.4. The molecular formula is C41H38ClN3. The number of nitrogens with zero attached hydrogens (tertiary/aromatic N) is 1. The van der Waals surface area contributed by atoms with E-state index in [1.54, 1.807) is 0 Å². The molecule has 0 aliphatic rings. The molecule has 0 amide bonds. The topological polar surface area (TPSA) is 43.0 Å². The fourth-order valence-electron chi connectivity index (χ4n) is 5.93. The smallest absolute Gasteiger partial charge is 0.0535 e. The van der Waals surface area contributed by atoms with E-state index in [4.69, 9.17) is 17.3 Å². The van der Waals surface area contributed by atoms with Crippen LogP contribution in [0.15, 0.2) is 146 Å². The zero-order valence-electron chi connectivity index (χ0n) is 25.7.